The molecule has 130 valence electrons. The highest BCUT2D eigenvalue weighted by Crippen LogP contribution is 2.34. The highest BCUT2D eigenvalue weighted by Gasteiger charge is 2.41. The summed E-state index contributed by atoms with van der Waals surface area (Å²) in [4.78, 5) is 15.3. The molecular weight excluding hydrogens is 314 g/mol. The van der Waals surface area contributed by atoms with Crippen LogP contribution in [0.4, 0.5) is 0 Å². The number of carbonyl (C=O) groups is 1. The van der Waals surface area contributed by atoms with E-state index in [1.54, 1.807) is 0 Å². The van der Waals surface area contributed by atoms with Gasteiger partial charge >= 0.3 is 0 Å². The first-order valence-corrected chi connectivity index (χ1v) is 8.94. The quantitative estimate of drug-likeness (QED) is 0.863. The molecule has 4 rings (SSSR count). The van der Waals surface area contributed by atoms with Gasteiger partial charge in [0.15, 0.2) is 5.79 Å². The van der Waals surface area contributed by atoms with Crippen molar-refractivity contribution in [2.75, 3.05) is 26.3 Å². The molecule has 0 bridgehead atoms. The van der Waals surface area contributed by atoms with E-state index >= 15 is 0 Å². The van der Waals surface area contributed by atoms with Gasteiger partial charge in [0, 0.05) is 25.9 Å². The van der Waals surface area contributed by atoms with Crippen LogP contribution in [-0.2, 0) is 14.3 Å². The van der Waals surface area contributed by atoms with Crippen molar-refractivity contribution < 1.29 is 14.3 Å². The van der Waals surface area contributed by atoms with Gasteiger partial charge in [0.1, 0.15) is 0 Å². The number of piperidine rings is 1. The van der Waals surface area contributed by atoms with Gasteiger partial charge in [-0.05, 0) is 11.1 Å². The van der Waals surface area contributed by atoms with Crippen molar-refractivity contribution in [2.24, 2.45) is 0 Å². The first-order valence-electron chi connectivity index (χ1n) is 8.94. The van der Waals surface area contributed by atoms with Gasteiger partial charge in [-0.3, -0.25) is 4.79 Å². The van der Waals surface area contributed by atoms with Crippen LogP contribution in [0.5, 0.6) is 0 Å². The zero-order valence-electron chi connectivity index (χ0n) is 14.3. The molecule has 2 aromatic carbocycles. The number of amides is 1. The van der Waals surface area contributed by atoms with E-state index in [0.717, 1.165) is 24.0 Å². The summed E-state index contributed by atoms with van der Waals surface area (Å²) in [7, 11) is 0. The second-order valence-corrected chi connectivity index (χ2v) is 6.69. The van der Waals surface area contributed by atoms with Gasteiger partial charge in [0.25, 0.3) is 0 Å². The second-order valence-electron chi connectivity index (χ2n) is 6.69. The van der Waals surface area contributed by atoms with Gasteiger partial charge < -0.3 is 14.4 Å². The zero-order chi connectivity index (χ0) is 17.1. The minimum atomic E-state index is -0.453. The number of likely N-dealkylation sites (tertiary alicyclic amines) is 1. The van der Waals surface area contributed by atoms with Crippen molar-refractivity contribution in [3.05, 3.63) is 71.8 Å². The molecule has 0 radical (unpaired) electrons. The SMILES string of the molecule is O=C(C(c1ccccc1)c1ccccc1)N1CCC2(CC1)OCCO2. The van der Waals surface area contributed by atoms with Gasteiger partial charge in [-0.2, -0.15) is 0 Å². The van der Waals surface area contributed by atoms with Crippen LogP contribution >= 0.6 is 0 Å². The van der Waals surface area contributed by atoms with E-state index in [4.69, 9.17) is 9.47 Å². The average molecular weight is 337 g/mol. The molecule has 2 aliphatic heterocycles. The summed E-state index contributed by atoms with van der Waals surface area (Å²) in [5.74, 6) is -0.557. The lowest BCUT2D eigenvalue weighted by Gasteiger charge is -2.39. The molecule has 0 aliphatic carbocycles. The van der Waals surface area contributed by atoms with Crippen LogP contribution in [0.25, 0.3) is 0 Å². The van der Waals surface area contributed by atoms with Crippen molar-refractivity contribution in [1.29, 1.82) is 0 Å². The molecule has 0 atom stereocenters. The molecule has 0 saturated carbocycles. The van der Waals surface area contributed by atoms with E-state index in [1.165, 1.54) is 0 Å². The third kappa shape index (κ3) is 3.32. The number of nitrogens with zero attached hydrogens (tertiary/aromatic N) is 1. The predicted molar refractivity (Wildman–Crippen MR) is 95.2 cm³/mol. The number of carbonyl (C=O) groups excluding carboxylic acids is 1. The molecule has 0 N–H and O–H groups in total. The molecule has 2 aromatic rings. The minimum absolute atomic E-state index is 0.158. The van der Waals surface area contributed by atoms with E-state index in [0.29, 0.717) is 26.3 Å². The Morgan fingerprint density at radius 2 is 1.32 bits per heavy atom. The fourth-order valence-electron chi connectivity index (χ4n) is 3.80. The van der Waals surface area contributed by atoms with Crippen molar-refractivity contribution >= 4 is 5.91 Å². The summed E-state index contributed by atoms with van der Waals surface area (Å²) in [5, 5.41) is 0. The lowest BCUT2D eigenvalue weighted by molar-refractivity contribution is -0.187. The molecule has 25 heavy (non-hydrogen) atoms. The van der Waals surface area contributed by atoms with Gasteiger partial charge in [0.2, 0.25) is 5.91 Å². The van der Waals surface area contributed by atoms with Crippen molar-refractivity contribution in [3.63, 3.8) is 0 Å². The Morgan fingerprint density at radius 3 is 1.80 bits per heavy atom. The Kier molecular flexibility index (Phi) is 4.55. The van der Waals surface area contributed by atoms with E-state index in [1.807, 2.05) is 65.6 Å². The standard InChI is InChI=1S/C21H23NO3/c23-20(22-13-11-21(12-14-22)24-15-16-25-21)19(17-7-3-1-4-8-17)18-9-5-2-6-10-18/h1-10,19H,11-16H2. The third-order valence-electron chi connectivity index (χ3n) is 5.16. The van der Waals surface area contributed by atoms with Crippen LogP contribution in [0.1, 0.15) is 29.9 Å². The van der Waals surface area contributed by atoms with Crippen molar-refractivity contribution in [3.8, 4) is 0 Å². The Hall–Kier alpha value is -2.17. The van der Waals surface area contributed by atoms with Crippen molar-refractivity contribution in [2.45, 2.75) is 24.5 Å². The Bertz CT molecular complexity index is 661. The fraction of sp³-hybridized carbons (Fsp3) is 0.381. The van der Waals surface area contributed by atoms with Crippen LogP contribution in [0.15, 0.2) is 60.7 Å². The largest absolute Gasteiger partial charge is 0.347 e. The van der Waals surface area contributed by atoms with E-state index in [-0.39, 0.29) is 11.8 Å². The molecule has 2 fully saturated rings. The minimum Gasteiger partial charge on any atom is -0.347 e. The molecular formula is C21H23NO3. The smallest absolute Gasteiger partial charge is 0.234 e. The van der Waals surface area contributed by atoms with Gasteiger partial charge in [-0.15, -0.1) is 0 Å². The Morgan fingerprint density at radius 1 is 0.840 bits per heavy atom. The number of benzene rings is 2. The molecule has 1 spiro atoms. The predicted octanol–water partition coefficient (Wildman–Crippen LogP) is 3.18. The highest BCUT2D eigenvalue weighted by atomic mass is 16.7. The molecule has 1 amide bonds. The van der Waals surface area contributed by atoms with Gasteiger partial charge in [-0.25, -0.2) is 0 Å². The number of hydrogen-bond donors (Lipinski definition) is 0. The summed E-state index contributed by atoms with van der Waals surface area (Å²) < 4.78 is 11.6. The third-order valence-corrected chi connectivity index (χ3v) is 5.16. The first kappa shape index (κ1) is 16.3. The maximum Gasteiger partial charge on any atom is 0.234 e. The van der Waals surface area contributed by atoms with Gasteiger partial charge in [0.05, 0.1) is 19.1 Å². The first-order chi connectivity index (χ1) is 12.3. The summed E-state index contributed by atoms with van der Waals surface area (Å²) in [6, 6.07) is 20.1. The van der Waals surface area contributed by atoms with Gasteiger partial charge in [-0.1, -0.05) is 60.7 Å². The average Bonchev–Trinajstić information content (AvgIpc) is 3.12. The van der Waals surface area contributed by atoms with Crippen LogP contribution in [0.2, 0.25) is 0 Å². The normalized spacial score (nSPS) is 19.5. The van der Waals surface area contributed by atoms with Crippen LogP contribution in [0, 0.1) is 0 Å². The maximum atomic E-state index is 13.3. The second kappa shape index (κ2) is 6.98. The number of hydrogen-bond acceptors (Lipinski definition) is 3. The molecule has 4 heteroatoms. The molecule has 2 aliphatic rings. The fourth-order valence-corrected chi connectivity index (χ4v) is 3.80. The summed E-state index contributed by atoms with van der Waals surface area (Å²) in [6.07, 6.45) is 1.49. The van der Waals surface area contributed by atoms with Crippen LogP contribution in [-0.4, -0.2) is 42.9 Å². The number of ether oxygens (including phenoxy) is 2. The Labute approximate surface area is 148 Å². The summed E-state index contributed by atoms with van der Waals surface area (Å²) in [5.41, 5.74) is 2.07. The van der Waals surface area contributed by atoms with Crippen LogP contribution in [0.3, 0.4) is 0 Å². The van der Waals surface area contributed by atoms with Crippen LogP contribution < -0.4 is 0 Å². The lowest BCUT2D eigenvalue weighted by Crippen LogP contribution is -2.48. The zero-order valence-corrected chi connectivity index (χ0v) is 14.3. The molecule has 0 aromatic heterocycles. The number of rotatable bonds is 3. The summed E-state index contributed by atoms with van der Waals surface area (Å²) >= 11 is 0. The maximum absolute atomic E-state index is 13.3. The van der Waals surface area contributed by atoms with Crippen molar-refractivity contribution in [1.82, 2.24) is 4.90 Å². The molecule has 2 heterocycles. The van der Waals surface area contributed by atoms with E-state index in [2.05, 4.69) is 0 Å². The Balaban J connectivity index is 1.56. The molecule has 0 unspecified atom stereocenters. The lowest BCUT2D eigenvalue weighted by atomic mass is 9.89. The molecule has 4 nitrogen and oxygen atoms in total. The highest BCUT2D eigenvalue weighted by molar-refractivity contribution is 5.87. The summed E-state index contributed by atoms with van der Waals surface area (Å²) in [6.45, 7) is 2.67. The van der Waals surface area contributed by atoms with E-state index < -0.39 is 5.79 Å². The monoisotopic (exact) mass is 337 g/mol. The molecule has 2 saturated heterocycles. The topological polar surface area (TPSA) is 38.8 Å². The van der Waals surface area contributed by atoms with E-state index in [9.17, 15) is 4.79 Å².